The molecule has 2 fully saturated rings. The molecule has 2 aliphatic rings. The second-order valence-electron chi connectivity index (χ2n) is 8.35. The van der Waals surface area contributed by atoms with Crippen molar-refractivity contribution in [3.05, 3.63) is 46.2 Å². The van der Waals surface area contributed by atoms with Gasteiger partial charge in [-0.15, -0.1) is 0 Å². The molecule has 7 heteroatoms. The number of piperidine rings is 1. The van der Waals surface area contributed by atoms with Gasteiger partial charge in [-0.3, -0.25) is 9.59 Å². The Balaban J connectivity index is 1.53. The number of hydrogen-bond donors (Lipinski definition) is 0. The monoisotopic (exact) mass is 428 g/mol. The van der Waals surface area contributed by atoms with E-state index >= 15 is 0 Å². The summed E-state index contributed by atoms with van der Waals surface area (Å²) in [5, 5.41) is 5.33. The van der Waals surface area contributed by atoms with E-state index in [0.717, 1.165) is 67.8 Å². The van der Waals surface area contributed by atoms with E-state index in [1.807, 2.05) is 52.6 Å². The molecule has 30 heavy (non-hydrogen) atoms. The Hall–Kier alpha value is -2.34. The number of halogens is 1. The van der Waals surface area contributed by atoms with Gasteiger partial charge < -0.3 is 9.80 Å². The maximum Gasteiger partial charge on any atom is 0.245 e. The van der Waals surface area contributed by atoms with E-state index in [9.17, 15) is 9.59 Å². The molecular weight excluding hydrogens is 400 g/mol. The van der Waals surface area contributed by atoms with Crippen LogP contribution in [-0.4, -0.2) is 57.1 Å². The highest BCUT2D eigenvalue weighted by Crippen LogP contribution is 2.25. The molecule has 1 atom stereocenters. The first kappa shape index (κ1) is 20.9. The van der Waals surface area contributed by atoms with E-state index in [1.54, 1.807) is 0 Å². The van der Waals surface area contributed by atoms with E-state index < -0.39 is 0 Å². The molecule has 2 amide bonds. The second kappa shape index (κ2) is 8.80. The molecule has 1 aromatic carbocycles. The topological polar surface area (TPSA) is 58.4 Å². The zero-order valence-corrected chi connectivity index (χ0v) is 18.5. The predicted octanol–water partition coefficient (Wildman–Crippen LogP) is 3.69. The number of aryl methyl sites for hydroxylation is 1. The second-order valence-corrected chi connectivity index (χ2v) is 8.78. The molecule has 3 heterocycles. The number of aromatic nitrogens is 2. The molecule has 2 saturated heterocycles. The van der Waals surface area contributed by atoms with E-state index in [4.69, 9.17) is 11.6 Å². The Morgan fingerprint density at radius 3 is 2.40 bits per heavy atom. The largest absolute Gasteiger partial charge is 0.341 e. The molecule has 2 aromatic rings. The maximum absolute atomic E-state index is 13.3. The van der Waals surface area contributed by atoms with Gasteiger partial charge in [0.1, 0.15) is 6.04 Å². The minimum Gasteiger partial charge on any atom is -0.341 e. The summed E-state index contributed by atoms with van der Waals surface area (Å²) in [7, 11) is 0. The first-order valence-corrected chi connectivity index (χ1v) is 11.2. The van der Waals surface area contributed by atoms with Crippen molar-refractivity contribution < 1.29 is 9.59 Å². The standard InChI is InChI=1S/C23H29ClN4O2/c1-16-20(17(2)28(25-16)19-10-8-18(24)9-11-19)15-22(29)27-14-4-3-7-21(27)23(30)26-12-5-6-13-26/h8-11,21H,3-7,12-15H2,1-2H3. The average Bonchev–Trinajstić information content (AvgIpc) is 3.38. The van der Waals surface area contributed by atoms with Crippen molar-refractivity contribution in [2.75, 3.05) is 19.6 Å². The van der Waals surface area contributed by atoms with Gasteiger partial charge in [0.25, 0.3) is 0 Å². The molecule has 4 rings (SSSR count). The van der Waals surface area contributed by atoms with Crippen LogP contribution in [0.15, 0.2) is 24.3 Å². The van der Waals surface area contributed by atoms with Crippen LogP contribution >= 0.6 is 11.6 Å². The zero-order chi connectivity index (χ0) is 21.3. The Morgan fingerprint density at radius 2 is 1.70 bits per heavy atom. The van der Waals surface area contributed by atoms with Gasteiger partial charge in [-0.25, -0.2) is 4.68 Å². The highest BCUT2D eigenvalue weighted by atomic mass is 35.5. The van der Waals surface area contributed by atoms with Crippen molar-refractivity contribution in [1.82, 2.24) is 19.6 Å². The van der Waals surface area contributed by atoms with E-state index in [2.05, 4.69) is 5.10 Å². The van der Waals surface area contributed by atoms with Crippen molar-refractivity contribution in [2.24, 2.45) is 0 Å². The van der Waals surface area contributed by atoms with Crippen LogP contribution in [0.4, 0.5) is 0 Å². The smallest absolute Gasteiger partial charge is 0.245 e. The third kappa shape index (κ3) is 4.10. The number of rotatable bonds is 4. The molecule has 0 N–H and O–H groups in total. The van der Waals surface area contributed by atoms with Crippen LogP contribution in [0.5, 0.6) is 0 Å². The molecule has 2 aliphatic heterocycles. The maximum atomic E-state index is 13.3. The third-order valence-electron chi connectivity index (χ3n) is 6.37. The van der Waals surface area contributed by atoms with Crippen LogP contribution in [0.1, 0.15) is 49.1 Å². The molecule has 0 saturated carbocycles. The number of hydrogen-bond acceptors (Lipinski definition) is 3. The lowest BCUT2D eigenvalue weighted by Crippen LogP contribution is -2.53. The van der Waals surface area contributed by atoms with Crippen molar-refractivity contribution >= 4 is 23.4 Å². The molecule has 160 valence electrons. The van der Waals surface area contributed by atoms with Gasteiger partial charge in [-0.2, -0.15) is 5.10 Å². The van der Waals surface area contributed by atoms with Gasteiger partial charge in [0.05, 0.1) is 17.8 Å². The fourth-order valence-corrected chi connectivity index (χ4v) is 4.78. The van der Waals surface area contributed by atoms with E-state index in [1.165, 1.54) is 0 Å². The number of benzene rings is 1. The fourth-order valence-electron chi connectivity index (χ4n) is 4.65. The quantitative estimate of drug-likeness (QED) is 0.746. The summed E-state index contributed by atoms with van der Waals surface area (Å²) in [4.78, 5) is 30.1. The fraction of sp³-hybridized carbons (Fsp3) is 0.522. The van der Waals surface area contributed by atoms with Crippen molar-refractivity contribution in [2.45, 2.75) is 58.4 Å². The van der Waals surface area contributed by atoms with Gasteiger partial charge in [0.2, 0.25) is 11.8 Å². The highest BCUT2D eigenvalue weighted by molar-refractivity contribution is 6.30. The van der Waals surface area contributed by atoms with Crippen LogP contribution in [0, 0.1) is 13.8 Å². The SMILES string of the molecule is Cc1nn(-c2ccc(Cl)cc2)c(C)c1CC(=O)N1CCCCC1C(=O)N1CCCC1. The minimum absolute atomic E-state index is 0.0223. The third-order valence-corrected chi connectivity index (χ3v) is 6.62. The summed E-state index contributed by atoms with van der Waals surface area (Å²) in [5.41, 5.74) is 3.64. The van der Waals surface area contributed by atoms with Crippen LogP contribution in [0.3, 0.4) is 0 Å². The molecule has 0 radical (unpaired) electrons. The van der Waals surface area contributed by atoms with Crippen LogP contribution in [0.2, 0.25) is 5.02 Å². The lowest BCUT2D eigenvalue weighted by atomic mass is 9.99. The zero-order valence-electron chi connectivity index (χ0n) is 17.7. The molecular formula is C23H29ClN4O2. The van der Waals surface area contributed by atoms with Gasteiger partial charge in [-0.1, -0.05) is 11.6 Å². The van der Waals surface area contributed by atoms with Gasteiger partial charge in [-0.05, 0) is 70.2 Å². The Morgan fingerprint density at radius 1 is 1.03 bits per heavy atom. The van der Waals surface area contributed by atoms with Gasteiger partial charge in [0, 0.05) is 35.9 Å². The molecule has 0 spiro atoms. The van der Waals surface area contributed by atoms with Crippen molar-refractivity contribution in [1.29, 1.82) is 0 Å². The average molecular weight is 429 g/mol. The molecule has 6 nitrogen and oxygen atoms in total. The first-order valence-electron chi connectivity index (χ1n) is 10.8. The summed E-state index contributed by atoms with van der Waals surface area (Å²) >= 11 is 6.01. The summed E-state index contributed by atoms with van der Waals surface area (Å²) < 4.78 is 1.86. The van der Waals surface area contributed by atoms with Crippen molar-refractivity contribution in [3.63, 3.8) is 0 Å². The van der Waals surface area contributed by atoms with Gasteiger partial charge >= 0.3 is 0 Å². The Kier molecular flexibility index (Phi) is 6.14. The number of carbonyl (C=O) groups excluding carboxylic acids is 2. The van der Waals surface area contributed by atoms with Crippen LogP contribution < -0.4 is 0 Å². The Labute approximate surface area is 182 Å². The summed E-state index contributed by atoms with van der Waals surface area (Å²) in [6.07, 6.45) is 5.12. The van der Waals surface area contributed by atoms with Gasteiger partial charge in [0.15, 0.2) is 0 Å². The molecule has 1 unspecified atom stereocenters. The molecule has 0 aliphatic carbocycles. The summed E-state index contributed by atoms with van der Waals surface area (Å²) in [6, 6.07) is 7.20. The number of amides is 2. The Bertz CT molecular complexity index is 931. The number of carbonyl (C=O) groups is 2. The minimum atomic E-state index is -0.309. The normalized spacial score (nSPS) is 19.4. The number of nitrogens with zero attached hydrogens (tertiary/aromatic N) is 4. The predicted molar refractivity (Wildman–Crippen MR) is 117 cm³/mol. The summed E-state index contributed by atoms with van der Waals surface area (Å²) in [6.45, 7) is 6.23. The number of likely N-dealkylation sites (tertiary alicyclic amines) is 2. The van der Waals surface area contributed by atoms with E-state index in [-0.39, 0.29) is 24.3 Å². The summed E-state index contributed by atoms with van der Waals surface area (Å²) in [5.74, 6) is 0.153. The molecule has 0 bridgehead atoms. The van der Waals surface area contributed by atoms with Crippen molar-refractivity contribution in [3.8, 4) is 5.69 Å². The lowest BCUT2D eigenvalue weighted by molar-refractivity contribution is -0.146. The van der Waals surface area contributed by atoms with E-state index in [0.29, 0.717) is 11.6 Å². The van der Waals surface area contributed by atoms with Crippen LogP contribution in [0.25, 0.3) is 5.69 Å². The highest BCUT2D eigenvalue weighted by Gasteiger charge is 2.35. The molecule has 1 aromatic heterocycles. The first-order chi connectivity index (χ1) is 14.5. The van der Waals surface area contributed by atoms with Crippen LogP contribution in [-0.2, 0) is 16.0 Å². The lowest BCUT2D eigenvalue weighted by Gasteiger charge is -2.37.